The Morgan fingerprint density at radius 2 is 1.82 bits per heavy atom. The standard InChI is InChI=1S/C12H10Cl2N2O/c1-2-8-3-5-9(6-4-8)17-10-7-11(13)15-16-12(10)14/h3-7H,2H2,1H3. The first-order valence-electron chi connectivity index (χ1n) is 5.14. The summed E-state index contributed by atoms with van der Waals surface area (Å²) in [4.78, 5) is 0. The van der Waals surface area contributed by atoms with Crippen LogP contribution in [0.2, 0.25) is 10.3 Å². The van der Waals surface area contributed by atoms with Gasteiger partial charge in [0.2, 0.25) is 0 Å². The lowest BCUT2D eigenvalue weighted by molar-refractivity contribution is 0.478. The van der Waals surface area contributed by atoms with E-state index < -0.39 is 0 Å². The average Bonchev–Trinajstić information content (AvgIpc) is 2.35. The molecule has 2 aromatic rings. The van der Waals surface area contributed by atoms with Crippen LogP contribution in [0.1, 0.15) is 12.5 Å². The van der Waals surface area contributed by atoms with Crippen molar-refractivity contribution in [2.45, 2.75) is 13.3 Å². The summed E-state index contributed by atoms with van der Waals surface area (Å²) < 4.78 is 5.57. The van der Waals surface area contributed by atoms with E-state index >= 15 is 0 Å². The number of nitrogens with zero attached hydrogens (tertiary/aromatic N) is 2. The summed E-state index contributed by atoms with van der Waals surface area (Å²) in [5.41, 5.74) is 1.24. The highest BCUT2D eigenvalue weighted by atomic mass is 35.5. The Morgan fingerprint density at radius 1 is 1.12 bits per heavy atom. The van der Waals surface area contributed by atoms with Gasteiger partial charge in [0.15, 0.2) is 16.1 Å². The maximum Gasteiger partial charge on any atom is 0.194 e. The highest BCUT2D eigenvalue weighted by molar-refractivity contribution is 6.32. The van der Waals surface area contributed by atoms with E-state index in [2.05, 4.69) is 17.1 Å². The van der Waals surface area contributed by atoms with Crippen molar-refractivity contribution in [3.63, 3.8) is 0 Å². The van der Waals surface area contributed by atoms with Crippen LogP contribution in [0.15, 0.2) is 30.3 Å². The SMILES string of the molecule is CCc1ccc(Oc2cc(Cl)nnc2Cl)cc1. The molecule has 88 valence electrons. The first-order valence-corrected chi connectivity index (χ1v) is 5.90. The van der Waals surface area contributed by atoms with E-state index in [0.29, 0.717) is 11.5 Å². The van der Waals surface area contributed by atoms with Crippen molar-refractivity contribution >= 4 is 23.2 Å². The monoisotopic (exact) mass is 268 g/mol. The van der Waals surface area contributed by atoms with Gasteiger partial charge < -0.3 is 4.74 Å². The molecular formula is C12H10Cl2N2O. The molecule has 0 aliphatic carbocycles. The summed E-state index contributed by atoms with van der Waals surface area (Å²) in [6.07, 6.45) is 0.990. The third-order valence-corrected chi connectivity index (χ3v) is 2.69. The van der Waals surface area contributed by atoms with Crippen LogP contribution in [0.25, 0.3) is 0 Å². The molecule has 0 aliphatic rings. The highest BCUT2D eigenvalue weighted by Gasteiger charge is 2.06. The Morgan fingerprint density at radius 3 is 2.47 bits per heavy atom. The molecule has 5 heteroatoms. The van der Waals surface area contributed by atoms with E-state index in [1.54, 1.807) is 0 Å². The van der Waals surface area contributed by atoms with Crippen LogP contribution in [0, 0.1) is 0 Å². The van der Waals surface area contributed by atoms with Crippen LogP contribution >= 0.6 is 23.2 Å². The second-order valence-corrected chi connectivity index (χ2v) is 4.17. The van der Waals surface area contributed by atoms with Crippen LogP contribution in [0.4, 0.5) is 0 Å². The summed E-state index contributed by atoms with van der Waals surface area (Å²) >= 11 is 11.6. The molecule has 0 N–H and O–H groups in total. The molecule has 2 rings (SSSR count). The van der Waals surface area contributed by atoms with Gasteiger partial charge in [-0.05, 0) is 24.1 Å². The molecule has 17 heavy (non-hydrogen) atoms. The fraction of sp³-hybridized carbons (Fsp3) is 0.167. The van der Waals surface area contributed by atoms with Crippen molar-refractivity contribution in [3.05, 3.63) is 46.2 Å². The van der Waals surface area contributed by atoms with Crippen molar-refractivity contribution in [2.75, 3.05) is 0 Å². The van der Waals surface area contributed by atoms with Crippen molar-refractivity contribution in [1.29, 1.82) is 0 Å². The Balaban J connectivity index is 2.22. The van der Waals surface area contributed by atoms with Crippen molar-refractivity contribution in [3.8, 4) is 11.5 Å². The third kappa shape index (κ3) is 3.08. The topological polar surface area (TPSA) is 35.0 Å². The van der Waals surface area contributed by atoms with Crippen molar-refractivity contribution in [2.24, 2.45) is 0 Å². The van der Waals surface area contributed by atoms with Crippen LogP contribution in [0.3, 0.4) is 0 Å². The van der Waals surface area contributed by atoms with Gasteiger partial charge in [-0.1, -0.05) is 42.3 Å². The number of benzene rings is 1. The molecular weight excluding hydrogens is 259 g/mol. The fourth-order valence-corrected chi connectivity index (χ4v) is 1.60. The zero-order chi connectivity index (χ0) is 12.3. The smallest absolute Gasteiger partial charge is 0.194 e. The van der Waals surface area contributed by atoms with Gasteiger partial charge >= 0.3 is 0 Å². The average molecular weight is 269 g/mol. The number of aromatic nitrogens is 2. The van der Waals surface area contributed by atoms with Gasteiger partial charge in [-0.25, -0.2) is 0 Å². The predicted molar refractivity (Wildman–Crippen MR) is 67.9 cm³/mol. The lowest BCUT2D eigenvalue weighted by Gasteiger charge is -2.07. The van der Waals surface area contributed by atoms with Crippen LogP contribution in [-0.4, -0.2) is 10.2 Å². The lowest BCUT2D eigenvalue weighted by Crippen LogP contribution is -1.90. The molecule has 1 heterocycles. The minimum atomic E-state index is 0.189. The Labute approximate surface area is 109 Å². The van der Waals surface area contributed by atoms with E-state index in [1.165, 1.54) is 11.6 Å². The molecule has 0 atom stereocenters. The van der Waals surface area contributed by atoms with Crippen molar-refractivity contribution < 1.29 is 4.74 Å². The van der Waals surface area contributed by atoms with Crippen LogP contribution < -0.4 is 4.74 Å². The molecule has 1 aromatic heterocycles. The normalized spacial score (nSPS) is 10.3. The van der Waals surface area contributed by atoms with E-state index in [4.69, 9.17) is 27.9 Å². The highest BCUT2D eigenvalue weighted by Crippen LogP contribution is 2.28. The summed E-state index contributed by atoms with van der Waals surface area (Å²) in [5.74, 6) is 1.09. The number of hydrogen-bond acceptors (Lipinski definition) is 3. The number of rotatable bonds is 3. The van der Waals surface area contributed by atoms with E-state index in [0.717, 1.165) is 6.42 Å². The van der Waals surface area contributed by atoms with E-state index in [1.807, 2.05) is 24.3 Å². The summed E-state index contributed by atoms with van der Waals surface area (Å²) in [6, 6.07) is 9.29. The van der Waals surface area contributed by atoms with Gasteiger partial charge in [-0.3, -0.25) is 0 Å². The molecule has 0 radical (unpaired) electrons. The van der Waals surface area contributed by atoms with Gasteiger partial charge in [0.1, 0.15) is 5.75 Å². The second kappa shape index (κ2) is 5.34. The molecule has 0 bridgehead atoms. The number of hydrogen-bond donors (Lipinski definition) is 0. The zero-order valence-corrected chi connectivity index (χ0v) is 10.7. The first kappa shape index (κ1) is 12.1. The number of halogens is 2. The predicted octanol–water partition coefficient (Wildman–Crippen LogP) is 4.14. The molecule has 0 saturated heterocycles. The van der Waals surface area contributed by atoms with Crippen molar-refractivity contribution in [1.82, 2.24) is 10.2 Å². The molecule has 0 spiro atoms. The van der Waals surface area contributed by atoms with E-state index in [9.17, 15) is 0 Å². The van der Waals surface area contributed by atoms with Gasteiger partial charge in [-0.2, -0.15) is 0 Å². The van der Waals surface area contributed by atoms with Gasteiger partial charge in [-0.15, -0.1) is 10.2 Å². The Kier molecular flexibility index (Phi) is 3.82. The third-order valence-electron chi connectivity index (χ3n) is 2.25. The minimum Gasteiger partial charge on any atom is -0.454 e. The van der Waals surface area contributed by atoms with Gasteiger partial charge in [0.25, 0.3) is 0 Å². The summed E-state index contributed by atoms with van der Waals surface area (Å²) in [6.45, 7) is 2.10. The number of ether oxygens (including phenoxy) is 1. The lowest BCUT2D eigenvalue weighted by atomic mass is 10.2. The Bertz CT molecular complexity index is 514. The molecule has 0 unspecified atom stereocenters. The molecule has 1 aromatic carbocycles. The molecule has 0 aliphatic heterocycles. The van der Waals surface area contributed by atoms with Crippen LogP contribution in [0.5, 0.6) is 11.5 Å². The maximum atomic E-state index is 5.85. The second-order valence-electron chi connectivity index (χ2n) is 3.42. The fourth-order valence-electron chi connectivity index (χ4n) is 1.33. The molecule has 0 amide bonds. The summed E-state index contributed by atoms with van der Waals surface area (Å²) in [5, 5.41) is 7.71. The molecule has 3 nitrogen and oxygen atoms in total. The van der Waals surface area contributed by atoms with E-state index in [-0.39, 0.29) is 10.3 Å². The van der Waals surface area contributed by atoms with Gasteiger partial charge in [0.05, 0.1) is 0 Å². The summed E-state index contributed by atoms with van der Waals surface area (Å²) in [7, 11) is 0. The molecule has 0 fully saturated rings. The Hall–Kier alpha value is -1.32. The first-order chi connectivity index (χ1) is 8.19. The largest absolute Gasteiger partial charge is 0.454 e. The zero-order valence-electron chi connectivity index (χ0n) is 9.15. The van der Waals surface area contributed by atoms with Crippen LogP contribution in [-0.2, 0) is 6.42 Å². The minimum absolute atomic E-state index is 0.189. The molecule has 0 saturated carbocycles. The van der Waals surface area contributed by atoms with Gasteiger partial charge in [0, 0.05) is 6.07 Å². The number of aryl methyl sites for hydroxylation is 1. The quantitative estimate of drug-likeness (QED) is 0.839. The maximum absolute atomic E-state index is 5.85.